The van der Waals surface area contributed by atoms with Gasteiger partial charge >= 0.3 is 5.97 Å². The number of aromatic nitrogens is 1. The van der Waals surface area contributed by atoms with Crippen molar-refractivity contribution in [3.05, 3.63) is 21.4 Å². The van der Waals surface area contributed by atoms with Crippen LogP contribution in [0.2, 0.25) is 10.0 Å². The quantitative estimate of drug-likeness (QED) is 0.759. The van der Waals surface area contributed by atoms with Gasteiger partial charge in [0, 0.05) is 0 Å². The number of hydrogen-bond donors (Lipinski definition) is 2. The van der Waals surface area contributed by atoms with Crippen LogP contribution >= 0.6 is 23.2 Å². The molecule has 70 valence electrons. The van der Waals surface area contributed by atoms with E-state index in [0.29, 0.717) is 5.69 Å². The normalized spacial score (nSPS) is 10.1. The van der Waals surface area contributed by atoms with Gasteiger partial charge in [0.25, 0.3) is 0 Å². The Labute approximate surface area is 84.3 Å². The van der Waals surface area contributed by atoms with Crippen molar-refractivity contribution in [1.82, 2.24) is 4.98 Å². The van der Waals surface area contributed by atoms with Crippen molar-refractivity contribution in [2.24, 2.45) is 0 Å². The number of aryl methyl sites for hydroxylation is 1. The summed E-state index contributed by atoms with van der Waals surface area (Å²) < 4.78 is 0. The summed E-state index contributed by atoms with van der Waals surface area (Å²) in [7, 11) is 0. The first-order valence-corrected chi connectivity index (χ1v) is 4.05. The minimum Gasteiger partial charge on any atom is -0.476 e. The summed E-state index contributed by atoms with van der Waals surface area (Å²) in [5.41, 5.74) is 5.57. The Bertz CT molecular complexity index is 379. The molecule has 0 unspecified atom stereocenters. The minimum absolute atomic E-state index is 0.0493. The summed E-state index contributed by atoms with van der Waals surface area (Å²) in [6.07, 6.45) is 0. The van der Waals surface area contributed by atoms with Crippen LogP contribution in [-0.2, 0) is 0 Å². The van der Waals surface area contributed by atoms with Crippen molar-refractivity contribution in [2.45, 2.75) is 6.92 Å². The largest absolute Gasteiger partial charge is 0.476 e. The van der Waals surface area contributed by atoms with Crippen LogP contribution in [0.25, 0.3) is 0 Å². The average molecular weight is 221 g/mol. The molecule has 0 aliphatic carbocycles. The number of pyridine rings is 1. The maximum absolute atomic E-state index is 10.6. The smallest absolute Gasteiger partial charge is 0.356 e. The van der Waals surface area contributed by atoms with Gasteiger partial charge in [-0.05, 0) is 6.92 Å². The Morgan fingerprint density at radius 1 is 1.46 bits per heavy atom. The van der Waals surface area contributed by atoms with Crippen LogP contribution in [0.4, 0.5) is 5.69 Å². The zero-order chi connectivity index (χ0) is 10.2. The summed E-state index contributed by atoms with van der Waals surface area (Å²) in [5, 5.41) is 8.73. The van der Waals surface area contributed by atoms with E-state index in [1.54, 1.807) is 6.92 Å². The first-order chi connectivity index (χ1) is 5.95. The number of hydrogen-bond acceptors (Lipinski definition) is 3. The van der Waals surface area contributed by atoms with Crippen molar-refractivity contribution in [1.29, 1.82) is 0 Å². The molecule has 0 saturated heterocycles. The van der Waals surface area contributed by atoms with E-state index in [1.807, 2.05) is 0 Å². The van der Waals surface area contributed by atoms with E-state index in [-0.39, 0.29) is 21.4 Å². The molecule has 0 amide bonds. The Balaban J connectivity index is 3.50. The van der Waals surface area contributed by atoms with E-state index in [2.05, 4.69) is 4.98 Å². The molecule has 0 saturated carbocycles. The molecule has 0 aliphatic rings. The van der Waals surface area contributed by atoms with Crippen molar-refractivity contribution >= 4 is 34.9 Å². The van der Waals surface area contributed by atoms with Gasteiger partial charge < -0.3 is 10.8 Å². The molecule has 0 spiro atoms. The molecule has 0 aromatic carbocycles. The van der Waals surface area contributed by atoms with Crippen LogP contribution in [0, 0.1) is 6.92 Å². The highest BCUT2D eigenvalue weighted by Crippen LogP contribution is 2.31. The van der Waals surface area contributed by atoms with E-state index in [4.69, 9.17) is 34.0 Å². The number of rotatable bonds is 1. The molecule has 0 aliphatic heterocycles. The van der Waals surface area contributed by atoms with E-state index in [0.717, 1.165) is 0 Å². The second-order valence-corrected chi connectivity index (χ2v) is 3.15. The standard InChI is InChI=1S/C7H6Cl2N2O2/c1-2-3(8)5(10)4(9)6(11-2)7(12)13/h1H3,(H2,10,11)(H,12,13). The van der Waals surface area contributed by atoms with Gasteiger partial charge in [-0.3, -0.25) is 0 Å². The fourth-order valence-corrected chi connectivity index (χ4v) is 1.23. The van der Waals surface area contributed by atoms with Gasteiger partial charge in [-0.15, -0.1) is 0 Å². The molecular weight excluding hydrogens is 215 g/mol. The zero-order valence-corrected chi connectivity index (χ0v) is 8.15. The Kier molecular flexibility index (Phi) is 2.63. The van der Waals surface area contributed by atoms with E-state index >= 15 is 0 Å². The second-order valence-electron chi connectivity index (χ2n) is 2.39. The van der Waals surface area contributed by atoms with Gasteiger partial charge in [-0.1, -0.05) is 23.2 Å². The van der Waals surface area contributed by atoms with Gasteiger partial charge in [0.05, 0.1) is 21.4 Å². The third kappa shape index (κ3) is 1.68. The van der Waals surface area contributed by atoms with Crippen LogP contribution < -0.4 is 5.73 Å². The number of aromatic carboxylic acids is 1. The van der Waals surface area contributed by atoms with Crippen LogP contribution in [0.1, 0.15) is 16.2 Å². The van der Waals surface area contributed by atoms with Crippen molar-refractivity contribution in [2.75, 3.05) is 5.73 Å². The average Bonchev–Trinajstić information content (AvgIpc) is 2.07. The van der Waals surface area contributed by atoms with Gasteiger partial charge in [0.2, 0.25) is 0 Å². The molecule has 1 aromatic heterocycles. The first kappa shape index (κ1) is 10.1. The first-order valence-electron chi connectivity index (χ1n) is 3.29. The topological polar surface area (TPSA) is 76.2 Å². The lowest BCUT2D eigenvalue weighted by atomic mass is 10.2. The number of halogens is 2. The lowest BCUT2D eigenvalue weighted by molar-refractivity contribution is 0.0690. The molecule has 13 heavy (non-hydrogen) atoms. The summed E-state index contributed by atoms with van der Waals surface area (Å²) in [6.45, 7) is 1.56. The lowest BCUT2D eigenvalue weighted by Crippen LogP contribution is -2.06. The van der Waals surface area contributed by atoms with Crippen molar-refractivity contribution in [3.63, 3.8) is 0 Å². The van der Waals surface area contributed by atoms with E-state index in [1.165, 1.54) is 0 Å². The maximum atomic E-state index is 10.6. The molecule has 0 bridgehead atoms. The van der Waals surface area contributed by atoms with Crippen molar-refractivity contribution in [3.8, 4) is 0 Å². The van der Waals surface area contributed by atoms with E-state index < -0.39 is 5.97 Å². The molecule has 0 atom stereocenters. The number of carboxylic acids is 1. The summed E-state index contributed by atoms with van der Waals surface area (Å²) in [6, 6.07) is 0. The fourth-order valence-electron chi connectivity index (χ4n) is 0.826. The Hall–Kier alpha value is -1.00. The van der Waals surface area contributed by atoms with Crippen LogP contribution in [0.5, 0.6) is 0 Å². The third-order valence-corrected chi connectivity index (χ3v) is 2.34. The van der Waals surface area contributed by atoms with Gasteiger partial charge in [-0.2, -0.15) is 0 Å². The van der Waals surface area contributed by atoms with Crippen LogP contribution in [0.3, 0.4) is 0 Å². The highest BCUT2D eigenvalue weighted by molar-refractivity contribution is 6.40. The third-order valence-electron chi connectivity index (χ3n) is 1.48. The van der Waals surface area contributed by atoms with Gasteiger partial charge in [-0.25, -0.2) is 9.78 Å². The number of nitrogens with two attached hydrogens (primary N) is 1. The summed E-state index contributed by atoms with van der Waals surface area (Å²) in [4.78, 5) is 14.3. The van der Waals surface area contributed by atoms with Crippen molar-refractivity contribution < 1.29 is 9.90 Å². The molecule has 1 aromatic rings. The number of carboxylic acid groups (broad SMARTS) is 1. The molecule has 0 fully saturated rings. The second kappa shape index (κ2) is 3.40. The molecule has 6 heteroatoms. The van der Waals surface area contributed by atoms with Gasteiger partial charge in [0.15, 0.2) is 5.69 Å². The molecule has 1 heterocycles. The molecular formula is C7H6Cl2N2O2. The summed E-state index contributed by atoms with van der Waals surface area (Å²) >= 11 is 11.3. The molecule has 1 rings (SSSR count). The number of nitrogen functional groups attached to an aromatic ring is 1. The van der Waals surface area contributed by atoms with Crippen LogP contribution in [0.15, 0.2) is 0 Å². The number of carbonyl (C=O) groups is 1. The lowest BCUT2D eigenvalue weighted by Gasteiger charge is -2.06. The molecule has 4 nitrogen and oxygen atoms in total. The monoisotopic (exact) mass is 220 g/mol. The van der Waals surface area contributed by atoms with Crippen LogP contribution in [-0.4, -0.2) is 16.1 Å². The minimum atomic E-state index is -1.23. The van der Waals surface area contributed by atoms with Gasteiger partial charge in [0.1, 0.15) is 0 Å². The van der Waals surface area contributed by atoms with E-state index in [9.17, 15) is 4.79 Å². The Morgan fingerprint density at radius 2 is 2.00 bits per heavy atom. The highest BCUT2D eigenvalue weighted by atomic mass is 35.5. The predicted octanol–water partition coefficient (Wildman–Crippen LogP) is 1.98. The molecule has 3 N–H and O–H groups in total. The SMILES string of the molecule is Cc1nc(C(=O)O)c(Cl)c(N)c1Cl. The number of nitrogens with zero attached hydrogens (tertiary/aromatic N) is 1. The molecule has 0 radical (unpaired) electrons. The fraction of sp³-hybridized carbons (Fsp3) is 0.143. The zero-order valence-electron chi connectivity index (χ0n) is 6.64. The highest BCUT2D eigenvalue weighted by Gasteiger charge is 2.17. The summed E-state index contributed by atoms with van der Waals surface area (Å²) in [5.74, 6) is -1.23. The maximum Gasteiger partial charge on any atom is 0.356 e. The predicted molar refractivity (Wildman–Crippen MR) is 50.4 cm³/mol. The Morgan fingerprint density at radius 3 is 2.46 bits per heavy atom. The number of anilines is 1.